The molecule has 4 nitrogen and oxygen atoms in total. The summed E-state index contributed by atoms with van der Waals surface area (Å²) >= 11 is 2.07. The Labute approximate surface area is 105 Å². The van der Waals surface area contributed by atoms with Crippen molar-refractivity contribution in [1.29, 1.82) is 0 Å². The van der Waals surface area contributed by atoms with Crippen LogP contribution in [-0.2, 0) is 6.54 Å². The van der Waals surface area contributed by atoms with Crippen LogP contribution < -0.4 is 5.32 Å². The van der Waals surface area contributed by atoms with Crippen LogP contribution in [-0.4, -0.2) is 10.1 Å². The molecule has 0 aliphatic carbocycles. The highest BCUT2D eigenvalue weighted by molar-refractivity contribution is 14.1. The number of hydrogen-bond donors (Lipinski definition) is 1. The van der Waals surface area contributed by atoms with Crippen LogP contribution in [0.1, 0.15) is 11.7 Å². The van der Waals surface area contributed by atoms with E-state index in [9.17, 15) is 4.39 Å². The summed E-state index contributed by atoms with van der Waals surface area (Å²) in [6, 6.07) is 4.56. The van der Waals surface area contributed by atoms with E-state index in [1.165, 1.54) is 12.1 Å². The summed E-state index contributed by atoms with van der Waals surface area (Å²) in [5, 5.41) is 6.86. The molecule has 0 saturated heterocycles. The molecule has 0 aliphatic rings. The first kappa shape index (κ1) is 11.3. The molecule has 0 fully saturated rings. The van der Waals surface area contributed by atoms with Crippen molar-refractivity contribution in [2.24, 2.45) is 0 Å². The van der Waals surface area contributed by atoms with Crippen LogP contribution in [0.3, 0.4) is 0 Å². The van der Waals surface area contributed by atoms with Gasteiger partial charge in [-0.3, -0.25) is 0 Å². The van der Waals surface area contributed by atoms with Crippen molar-refractivity contribution in [3.8, 4) is 0 Å². The van der Waals surface area contributed by atoms with E-state index in [1.807, 2.05) is 0 Å². The lowest BCUT2D eigenvalue weighted by atomic mass is 10.3. The normalized spacial score (nSPS) is 10.4. The molecule has 6 heteroatoms. The van der Waals surface area contributed by atoms with Crippen LogP contribution in [0, 0.1) is 16.3 Å². The number of halogens is 2. The van der Waals surface area contributed by atoms with Gasteiger partial charge in [0, 0.05) is 16.2 Å². The van der Waals surface area contributed by atoms with Gasteiger partial charge in [0.2, 0.25) is 5.89 Å². The van der Waals surface area contributed by atoms with E-state index in [2.05, 4.69) is 38.0 Å². The zero-order valence-electron chi connectivity index (χ0n) is 8.50. The summed E-state index contributed by atoms with van der Waals surface area (Å²) in [4.78, 5) is 4.06. The van der Waals surface area contributed by atoms with Crippen LogP contribution in [0.5, 0.6) is 0 Å². The molecular formula is C10H9FIN3O. The molecule has 16 heavy (non-hydrogen) atoms. The van der Waals surface area contributed by atoms with Gasteiger partial charge < -0.3 is 9.84 Å². The van der Waals surface area contributed by atoms with E-state index < -0.39 is 0 Å². The average Bonchev–Trinajstić information content (AvgIpc) is 2.63. The molecule has 1 heterocycles. The van der Waals surface area contributed by atoms with E-state index >= 15 is 0 Å². The molecule has 0 unspecified atom stereocenters. The van der Waals surface area contributed by atoms with Gasteiger partial charge in [-0.2, -0.15) is 4.98 Å². The standard InChI is InChI=1S/C10H9FIN3O/c1-6-14-10(15-16-6)5-13-9-3-2-7(11)4-8(9)12/h2-4,13H,5H2,1H3. The van der Waals surface area contributed by atoms with Gasteiger partial charge in [0.05, 0.1) is 6.54 Å². The third-order valence-corrected chi connectivity index (χ3v) is 2.83. The Balaban J connectivity index is 2.04. The molecule has 1 aromatic heterocycles. The minimum atomic E-state index is -0.245. The second kappa shape index (κ2) is 4.77. The maximum absolute atomic E-state index is 12.8. The van der Waals surface area contributed by atoms with Crippen molar-refractivity contribution >= 4 is 28.3 Å². The van der Waals surface area contributed by atoms with E-state index in [4.69, 9.17) is 4.52 Å². The fourth-order valence-corrected chi connectivity index (χ4v) is 1.89. The Morgan fingerprint density at radius 2 is 2.31 bits per heavy atom. The van der Waals surface area contributed by atoms with Crippen LogP contribution >= 0.6 is 22.6 Å². The molecule has 1 N–H and O–H groups in total. The van der Waals surface area contributed by atoms with Gasteiger partial charge >= 0.3 is 0 Å². The van der Waals surface area contributed by atoms with Gasteiger partial charge in [0.15, 0.2) is 5.82 Å². The Morgan fingerprint density at radius 3 is 2.94 bits per heavy atom. The quantitative estimate of drug-likeness (QED) is 0.878. The predicted molar refractivity (Wildman–Crippen MR) is 65.5 cm³/mol. The van der Waals surface area contributed by atoms with Crippen molar-refractivity contribution < 1.29 is 8.91 Å². The Kier molecular flexibility index (Phi) is 3.37. The van der Waals surface area contributed by atoms with E-state index in [1.54, 1.807) is 13.0 Å². The largest absolute Gasteiger partial charge is 0.377 e. The van der Waals surface area contributed by atoms with Gasteiger partial charge in [0.1, 0.15) is 5.82 Å². The highest BCUT2D eigenvalue weighted by atomic mass is 127. The summed E-state index contributed by atoms with van der Waals surface area (Å²) in [6.45, 7) is 2.19. The second-order valence-electron chi connectivity index (χ2n) is 3.21. The summed E-state index contributed by atoms with van der Waals surface area (Å²) in [6.07, 6.45) is 0. The maximum atomic E-state index is 12.8. The van der Waals surface area contributed by atoms with Crippen molar-refractivity contribution in [2.75, 3.05) is 5.32 Å². The van der Waals surface area contributed by atoms with Gasteiger partial charge in [-0.1, -0.05) is 5.16 Å². The maximum Gasteiger partial charge on any atom is 0.223 e. The molecule has 0 radical (unpaired) electrons. The van der Waals surface area contributed by atoms with Gasteiger partial charge in [-0.15, -0.1) is 0 Å². The second-order valence-corrected chi connectivity index (χ2v) is 4.37. The number of nitrogens with zero attached hydrogens (tertiary/aromatic N) is 2. The number of aryl methyl sites for hydroxylation is 1. The van der Waals surface area contributed by atoms with Crippen LogP contribution in [0.4, 0.5) is 10.1 Å². The molecule has 0 saturated carbocycles. The van der Waals surface area contributed by atoms with Crippen LogP contribution in [0.25, 0.3) is 0 Å². The van der Waals surface area contributed by atoms with E-state index in [0.717, 1.165) is 9.26 Å². The number of nitrogens with one attached hydrogen (secondary N) is 1. The first-order valence-corrected chi connectivity index (χ1v) is 5.71. The number of rotatable bonds is 3. The lowest BCUT2D eigenvalue weighted by Crippen LogP contribution is -2.02. The number of anilines is 1. The van der Waals surface area contributed by atoms with Crippen molar-refractivity contribution in [3.05, 3.63) is 39.3 Å². The molecule has 0 atom stereocenters. The zero-order valence-corrected chi connectivity index (χ0v) is 10.7. The van der Waals surface area contributed by atoms with Crippen molar-refractivity contribution in [1.82, 2.24) is 10.1 Å². The van der Waals surface area contributed by atoms with Crippen LogP contribution in [0.15, 0.2) is 22.7 Å². The van der Waals surface area contributed by atoms with Crippen molar-refractivity contribution in [3.63, 3.8) is 0 Å². The summed E-state index contributed by atoms with van der Waals surface area (Å²) in [7, 11) is 0. The number of hydrogen-bond acceptors (Lipinski definition) is 4. The molecular weight excluding hydrogens is 324 g/mol. The van der Waals surface area contributed by atoms with Crippen LogP contribution in [0.2, 0.25) is 0 Å². The molecule has 0 amide bonds. The third kappa shape index (κ3) is 2.69. The SMILES string of the molecule is Cc1nc(CNc2ccc(F)cc2I)no1. The van der Waals surface area contributed by atoms with Gasteiger partial charge in [-0.25, -0.2) is 4.39 Å². The highest BCUT2D eigenvalue weighted by Gasteiger charge is 2.04. The molecule has 0 aliphatic heterocycles. The molecule has 1 aromatic carbocycles. The van der Waals surface area contributed by atoms with E-state index in [0.29, 0.717) is 18.3 Å². The number of aromatic nitrogens is 2. The third-order valence-electron chi connectivity index (χ3n) is 1.94. The Morgan fingerprint density at radius 1 is 1.50 bits per heavy atom. The molecule has 0 spiro atoms. The average molecular weight is 333 g/mol. The van der Waals surface area contributed by atoms with Crippen molar-refractivity contribution in [2.45, 2.75) is 13.5 Å². The highest BCUT2D eigenvalue weighted by Crippen LogP contribution is 2.19. The predicted octanol–water partition coefficient (Wildman–Crippen LogP) is 2.73. The van der Waals surface area contributed by atoms with Gasteiger partial charge in [0.25, 0.3) is 0 Å². The monoisotopic (exact) mass is 333 g/mol. The minimum Gasteiger partial charge on any atom is -0.377 e. The molecule has 2 rings (SSSR count). The summed E-state index contributed by atoms with van der Waals surface area (Å²) in [5.41, 5.74) is 0.851. The first-order chi connectivity index (χ1) is 7.65. The fraction of sp³-hybridized carbons (Fsp3) is 0.200. The minimum absolute atomic E-state index is 0.245. The first-order valence-electron chi connectivity index (χ1n) is 4.63. The zero-order chi connectivity index (χ0) is 11.5. The molecule has 2 aromatic rings. The number of benzene rings is 1. The smallest absolute Gasteiger partial charge is 0.223 e. The Hall–Kier alpha value is -1.18. The lowest BCUT2D eigenvalue weighted by molar-refractivity contribution is 0.388. The lowest BCUT2D eigenvalue weighted by Gasteiger charge is -2.05. The molecule has 0 bridgehead atoms. The van der Waals surface area contributed by atoms with E-state index in [-0.39, 0.29) is 5.82 Å². The summed E-state index contributed by atoms with van der Waals surface area (Å²) < 4.78 is 18.5. The Bertz CT molecular complexity index is 501. The summed E-state index contributed by atoms with van der Waals surface area (Å²) in [5.74, 6) is 0.869. The fourth-order valence-electron chi connectivity index (χ4n) is 1.22. The molecule has 84 valence electrons. The topological polar surface area (TPSA) is 51.0 Å². The van der Waals surface area contributed by atoms with Gasteiger partial charge in [-0.05, 0) is 40.8 Å².